The monoisotopic (exact) mass is 267 g/mol. The number of rotatable bonds is 1. The van der Waals surface area contributed by atoms with Crippen LogP contribution in [0.2, 0.25) is 0 Å². The van der Waals surface area contributed by atoms with E-state index < -0.39 is 0 Å². The molecule has 0 aliphatic carbocycles. The Bertz CT molecular complexity index is 478. The van der Waals surface area contributed by atoms with Crippen molar-refractivity contribution >= 4 is 11.8 Å². The van der Waals surface area contributed by atoms with Crippen molar-refractivity contribution in [2.75, 3.05) is 19.6 Å². The lowest BCUT2D eigenvalue weighted by atomic mass is 9.87. The molecular formula is C13H17NO3S. The third kappa shape index (κ3) is 1.77. The summed E-state index contributed by atoms with van der Waals surface area (Å²) in [5.41, 5.74) is 0.763. The Labute approximate surface area is 111 Å². The second-order valence-electron chi connectivity index (χ2n) is 4.95. The SMILES string of the molecule is CN(O)C1(C)CCCSc2cc3c(cc21)OCO3. The highest BCUT2D eigenvalue weighted by molar-refractivity contribution is 7.99. The minimum Gasteiger partial charge on any atom is -0.454 e. The quantitative estimate of drug-likeness (QED) is 0.792. The molecule has 0 bridgehead atoms. The zero-order valence-electron chi connectivity index (χ0n) is 10.6. The number of hydrogen-bond acceptors (Lipinski definition) is 5. The minimum atomic E-state index is -0.361. The number of nitrogens with zero attached hydrogens (tertiary/aromatic N) is 1. The van der Waals surface area contributed by atoms with Gasteiger partial charge < -0.3 is 14.7 Å². The molecule has 0 saturated heterocycles. The number of hydrogen-bond donors (Lipinski definition) is 1. The fourth-order valence-electron chi connectivity index (χ4n) is 2.53. The third-order valence-electron chi connectivity index (χ3n) is 3.83. The zero-order chi connectivity index (χ0) is 12.8. The Morgan fingerprint density at radius 1 is 1.33 bits per heavy atom. The van der Waals surface area contributed by atoms with Crippen molar-refractivity contribution in [1.29, 1.82) is 0 Å². The first-order chi connectivity index (χ1) is 8.61. The van der Waals surface area contributed by atoms with Gasteiger partial charge in [0.2, 0.25) is 6.79 Å². The Kier molecular flexibility index (Phi) is 2.92. The second kappa shape index (κ2) is 4.33. The largest absolute Gasteiger partial charge is 0.454 e. The number of ether oxygens (including phenoxy) is 2. The van der Waals surface area contributed by atoms with Crippen LogP contribution in [0.1, 0.15) is 25.3 Å². The highest BCUT2D eigenvalue weighted by Crippen LogP contribution is 2.47. The first-order valence-electron chi connectivity index (χ1n) is 6.11. The molecule has 1 aromatic rings. The standard InChI is InChI=1S/C13H17NO3S/c1-13(14(2)15)4-3-5-18-12-7-11-10(6-9(12)13)16-8-17-11/h6-7,15H,3-5,8H2,1-2H3. The maximum Gasteiger partial charge on any atom is 0.231 e. The highest BCUT2D eigenvalue weighted by atomic mass is 32.2. The second-order valence-corrected chi connectivity index (χ2v) is 6.09. The van der Waals surface area contributed by atoms with Gasteiger partial charge in [-0.25, -0.2) is 0 Å². The highest BCUT2D eigenvalue weighted by Gasteiger charge is 2.36. The van der Waals surface area contributed by atoms with E-state index in [-0.39, 0.29) is 12.3 Å². The molecule has 98 valence electrons. The molecule has 0 saturated carbocycles. The maximum absolute atomic E-state index is 10.0. The summed E-state index contributed by atoms with van der Waals surface area (Å²) >= 11 is 1.82. The van der Waals surface area contributed by atoms with E-state index >= 15 is 0 Å². The van der Waals surface area contributed by atoms with Crippen LogP contribution in [0.25, 0.3) is 0 Å². The first kappa shape index (κ1) is 12.1. The molecule has 2 aliphatic heterocycles. The molecule has 0 amide bonds. The number of hydroxylamine groups is 2. The normalized spacial score (nSPS) is 26.0. The molecule has 1 atom stereocenters. The van der Waals surface area contributed by atoms with E-state index in [9.17, 15) is 5.21 Å². The summed E-state index contributed by atoms with van der Waals surface area (Å²) in [6.45, 7) is 2.36. The first-order valence-corrected chi connectivity index (χ1v) is 7.09. The van der Waals surface area contributed by atoms with Gasteiger partial charge in [0.1, 0.15) is 0 Å². The average Bonchev–Trinajstić information content (AvgIpc) is 2.73. The smallest absolute Gasteiger partial charge is 0.231 e. The van der Waals surface area contributed by atoms with E-state index in [0.29, 0.717) is 0 Å². The van der Waals surface area contributed by atoms with Crippen LogP contribution in [0.5, 0.6) is 11.5 Å². The van der Waals surface area contributed by atoms with Gasteiger partial charge in [0.15, 0.2) is 11.5 Å². The van der Waals surface area contributed by atoms with Gasteiger partial charge in [-0.2, -0.15) is 5.06 Å². The van der Waals surface area contributed by atoms with Gasteiger partial charge >= 0.3 is 0 Å². The summed E-state index contributed by atoms with van der Waals surface area (Å²) in [6, 6.07) is 4.05. The fraction of sp³-hybridized carbons (Fsp3) is 0.538. The predicted octanol–water partition coefficient (Wildman–Crippen LogP) is 2.84. The average molecular weight is 267 g/mol. The van der Waals surface area contributed by atoms with Crippen molar-refractivity contribution in [3.63, 3.8) is 0 Å². The molecule has 5 heteroatoms. The molecule has 4 nitrogen and oxygen atoms in total. The van der Waals surface area contributed by atoms with E-state index in [4.69, 9.17) is 9.47 Å². The number of fused-ring (bicyclic) bond motifs is 2. The molecule has 2 heterocycles. The van der Waals surface area contributed by atoms with Crippen LogP contribution in [0.15, 0.2) is 17.0 Å². The van der Waals surface area contributed by atoms with Crippen LogP contribution in [0.3, 0.4) is 0 Å². The molecule has 18 heavy (non-hydrogen) atoms. The van der Waals surface area contributed by atoms with Gasteiger partial charge in [0, 0.05) is 11.9 Å². The predicted molar refractivity (Wildman–Crippen MR) is 69.4 cm³/mol. The molecule has 1 aromatic carbocycles. The minimum absolute atomic E-state index is 0.286. The molecule has 1 N–H and O–H groups in total. The molecule has 0 radical (unpaired) electrons. The summed E-state index contributed by atoms with van der Waals surface area (Å²) in [4.78, 5) is 1.18. The summed E-state index contributed by atoms with van der Waals surface area (Å²) < 4.78 is 10.9. The molecule has 0 fully saturated rings. The van der Waals surface area contributed by atoms with Gasteiger partial charge in [-0.05, 0) is 43.2 Å². The van der Waals surface area contributed by atoms with Crippen molar-refractivity contribution in [3.8, 4) is 11.5 Å². The fourth-order valence-corrected chi connectivity index (χ4v) is 3.67. The summed E-state index contributed by atoms with van der Waals surface area (Å²) in [5.74, 6) is 2.66. The lowest BCUT2D eigenvalue weighted by molar-refractivity contribution is -0.154. The topological polar surface area (TPSA) is 41.9 Å². The summed E-state index contributed by atoms with van der Waals surface area (Å²) in [5, 5.41) is 11.3. The molecule has 1 unspecified atom stereocenters. The van der Waals surface area contributed by atoms with Crippen molar-refractivity contribution in [1.82, 2.24) is 5.06 Å². The lowest BCUT2D eigenvalue weighted by Crippen LogP contribution is -2.39. The summed E-state index contributed by atoms with van der Waals surface area (Å²) in [6.07, 6.45) is 2.01. The van der Waals surface area contributed by atoms with Gasteiger partial charge in [-0.3, -0.25) is 0 Å². The van der Waals surface area contributed by atoms with Crippen molar-refractivity contribution < 1.29 is 14.7 Å². The van der Waals surface area contributed by atoms with Crippen molar-refractivity contribution in [2.45, 2.75) is 30.2 Å². The van der Waals surface area contributed by atoms with Crippen LogP contribution in [0, 0.1) is 0 Å². The van der Waals surface area contributed by atoms with E-state index in [2.05, 4.69) is 6.92 Å². The zero-order valence-corrected chi connectivity index (χ0v) is 11.4. The van der Waals surface area contributed by atoms with Crippen molar-refractivity contribution in [2.24, 2.45) is 0 Å². The van der Waals surface area contributed by atoms with E-state index in [0.717, 1.165) is 35.7 Å². The molecule has 0 aromatic heterocycles. The van der Waals surface area contributed by atoms with Crippen LogP contribution >= 0.6 is 11.8 Å². The van der Waals surface area contributed by atoms with Crippen LogP contribution in [-0.2, 0) is 5.54 Å². The van der Waals surface area contributed by atoms with Crippen LogP contribution in [-0.4, -0.2) is 29.9 Å². The Morgan fingerprint density at radius 3 is 2.78 bits per heavy atom. The Balaban J connectivity index is 2.14. The van der Waals surface area contributed by atoms with Crippen molar-refractivity contribution in [3.05, 3.63) is 17.7 Å². The van der Waals surface area contributed by atoms with Crippen LogP contribution < -0.4 is 9.47 Å². The Hall–Kier alpha value is -0.910. The van der Waals surface area contributed by atoms with Gasteiger partial charge in [-0.15, -0.1) is 11.8 Å². The van der Waals surface area contributed by atoms with Gasteiger partial charge in [0.25, 0.3) is 0 Å². The van der Waals surface area contributed by atoms with E-state index in [1.165, 1.54) is 9.96 Å². The third-order valence-corrected chi connectivity index (χ3v) is 4.98. The lowest BCUT2D eigenvalue weighted by Gasteiger charge is -2.35. The Morgan fingerprint density at radius 2 is 2.06 bits per heavy atom. The molecule has 3 rings (SSSR count). The van der Waals surface area contributed by atoms with Gasteiger partial charge in [-0.1, -0.05) is 0 Å². The maximum atomic E-state index is 10.0. The van der Waals surface area contributed by atoms with Gasteiger partial charge in [0.05, 0.1) is 5.54 Å². The molecular weight excluding hydrogens is 250 g/mol. The molecule has 2 aliphatic rings. The summed E-state index contributed by atoms with van der Waals surface area (Å²) in [7, 11) is 1.71. The van der Waals surface area contributed by atoms with Crippen LogP contribution in [0.4, 0.5) is 0 Å². The molecule has 0 spiro atoms. The van der Waals surface area contributed by atoms with E-state index in [1.807, 2.05) is 23.9 Å². The number of thioether (sulfide) groups is 1. The number of benzene rings is 1. The van der Waals surface area contributed by atoms with E-state index in [1.54, 1.807) is 7.05 Å².